The first-order chi connectivity index (χ1) is 21.1. The van der Waals surface area contributed by atoms with E-state index in [-0.39, 0.29) is 33.7 Å². The van der Waals surface area contributed by atoms with Gasteiger partial charge < -0.3 is 28.9 Å². The molecule has 0 spiro atoms. The number of carbonyl (C=O) groups is 6. The second-order valence-electron chi connectivity index (χ2n) is 9.90. The zero-order chi connectivity index (χ0) is 33.6. The standard InChI is InChI=1S/C22H21B3ClN5O12S2/c1-22(2,3)39-21(37)29-20-27-9(6-44-20)12(30-43-10(18(35)41-24)4-11(32)40-23)15(33)28-13-16(34)31-14(19(36)42-25)8(5-26)7-45(38)17(13)31/h6,10,13,17H,4-5,7H2,1-3H3,(H,28,33)(H,27,29,37)/b30-12-/t10-,13+,17+,45?/m0/s1. The van der Waals surface area contributed by atoms with Crippen LogP contribution in [0.15, 0.2) is 21.8 Å². The average Bonchev–Trinajstić information content (AvgIpc) is 3.44. The van der Waals surface area contributed by atoms with Gasteiger partial charge in [0, 0.05) is 11.3 Å². The Hall–Kier alpha value is -3.91. The van der Waals surface area contributed by atoms with E-state index in [1.165, 1.54) is 5.38 Å². The molecule has 6 radical (unpaired) electrons. The fraction of sp³-hybridized carbons (Fsp3) is 0.455. The minimum Gasteiger partial charge on any atom is -0.543 e. The topological polar surface area (TPSA) is 218 Å². The van der Waals surface area contributed by atoms with E-state index in [2.05, 4.69) is 34.7 Å². The summed E-state index contributed by atoms with van der Waals surface area (Å²) in [6.07, 6.45) is -3.58. The van der Waals surface area contributed by atoms with Gasteiger partial charge in [0.25, 0.3) is 17.8 Å². The first kappa shape index (κ1) is 35.6. The molecule has 1 unspecified atom stereocenters. The molecule has 234 valence electrons. The van der Waals surface area contributed by atoms with Crippen molar-refractivity contribution >= 4 is 105 Å². The number of nitrogens with one attached hydrogen (secondary N) is 2. The van der Waals surface area contributed by atoms with E-state index in [4.69, 9.17) is 45.3 Å². The highest BCUT2D eigenvalue weighted by atomic mass is 35.5. The van der Waals surface area contributed by atoms with Crippen LogP contribution in [0, 0.1) is 0 Å². The van der Waals surface area contributed by atoms with Crippen molar-refractivity contribution in [1.29, 1.82) is 0 Å². The van der Waals surface area contributed by atoms with Crippen LogP contribution < -0.4 is 10.6 Å². The van der Waals surface area contributed by atoms with E-state index < -0.39 is 81.9 Å². The summed E-state index contributed by atoms with van der Waals surface area (Å²) < 4.78 is 30.5. The van der Waals surface area contributed by atoms with Crippen molar-refractivity contribution in [2.45, 2.75) is 50.3 Å². The van der Waals surface area contributed by atoms with Crippen LogP contribution in [0.3, 0.4) is 0 Å². The largest absolute Gasteiger partial charge is 0.543 e. The number of hydrogen-bond donors (Lipinski definition) is 2. The molecule has 2 N–H and O–H groups in total. The van der Waals surface area contributed by atoms with Crippen LogP contribution in [0.5, 0.6) is 0 Å². The number of carbonyl (C=O) groups excluding carboxylic acids is 6. The van der Waals surface area contributed by atoms with Crippen LogP contribution >= 0.6 is 22.9 Å². The van der Waals surface area contributed by atoms with Crippen LogP contribution in [-0.4, -0.2) is 115 Å². The van der Waals surface area contributed by atoms with Gasteiger partial charge in [0.1, 0.15) is 28.4 Å². The summed E-state index contributed by atoms with van der Waals surface area (Å²) in [7, 11) is 12.8. The van der Waals surface area contributed by atoms with E-state index in [0.717, 1.165) is 16.2 Å². The van der Waals surface area contributed by atoms with Crippen molar-refractivity contribution in [3.63, 3.8) is 0 Å². The molecule has 0 aromatic carbocycles. The predicted octanol–water partition coefficient (Wildman–Crippen LogP) is -1.24. The lowest BCUT2D eigenvalue weighted by atomic mass is 10.0. The summed E-state index contributed by atoms with van der Waals surface area (Å²) in [6, 6.07) is -1.46. The van der Waals surface area contributed by atoms with Crippen molar-refractivity contribution in [3.05, 3.63) is 22.3 Å². The summed E-state index contributed by atoms with van der Waals surface area (Å²) in [4.78, 5) is 84.7. The van der Waals surface area contributed by atoms with Gasteiger partial charge in [-0.05, 0) is 26.3 Å². The monoisotopic (exact) mass is 679 g/mol. The highest BCUT2D eigenvalue weighted by molar-refractivity contribution is 7.86. The number of amides is 3. The number of β-lactam (4-membered cyclic amide) rings is 1. The molecule has 1 saturated heterocycles. The molecule has 17 nitrogen and oxygen atoms in total. The van der Waals surface area contributed by atoms with Crippen LogP contribution in [0.25, 0.3) is 0 Å². The van der Waals surface area contributed by atoms with Crippen molar-refractivity contribution in [3.8, 4) is 0 Å². The van der Waals surface area contributed by atoms with E-state index in [1.54, 1.807) is 20.8 Å². The third-order valence-electron chi connectivity index (χ3n) is 5.66. The van der Waals surface area contributed by atoms with Gasteiger partial charge in [-0.3, -0.25) is 28.8 Å². The lowest BCUT2D eigenvalue weighted by Gasteiger charge is -2.49. The molecule has 1 aromatic heterocycles. The third kappa shape index (κ3) is 8.43. The number of halogens is 1. The number of fused-ring (bicyclic) bond motifs is 1. The number of anilines is 1. The SMILES string of the molecule is [B]OC(=O)C[C@H](O/N=C(\C(=O)N[C@@H]1C(=O)N2C(C(=O)O[B])=C(CCl)CS(=O)[C@H]12)c1csc(NC(=O)OC(C)(C)C)n1)C(=O)O[B]. The molecular formula is C22H21B3ClN5O12S2. The first-order valence-corrected chi connectivity index (χ1v) is 15.1. The molecule has 0 saturated carbocycles. The second-order valence-corrected chi connectivity index (χ2v) is 12.6. The van der Waals surface area contributed by atoms with Gasteiger partial charge >= 0.3 is 42.2 Å². The number of alkyl halides is 1. The highest BCUT2D eigenvalue weighted by Crippen LogP contribution is 2.35. The molecule has 23 heteroatoms. The number of rotatable bonds is 11. The number of oxime groups is 1. The maximum Gasteiger partial charge on any atom is 0.413 e. The molecule has 0 aliphatic carbocycles. The molecule has 0 bridgehead atoms. The quantitative estimate of drug-likeness (QED) is 0.0921. The molecule has 1 aromatic rings. The Morgan fingerprint density at radius 1 is 1.20 bits per heavy atom. The van der Waals surface area contributed by atoms with E-state index in [1.807, 2.05) is 0 Å². The Morgan fingerprint density at radius 3 is 2.47 bits per heavy atom. The average molecular weight is 679 g/mol. The maximum atomic E-state index is 13.5. The number of thiazole rings is 1. The fourth-order valence-corrected chi connectivity index (χ4v) is 6.50. The molecule has 2 aliphatic heterocycles. The Morgan fingerprint density at radius 2 is 1.89 bits per heavy atom. The molecular weight excluding hydrogens is 658 g/mol. The normalized spacial score (nSPS) is 20.2. The Balaban J connectivity index is 1.93. The zero-order valence-corrected chi connectivity index (χ0v) is 26.0. The number of ether oxygens (including phenoxy) is 1. The Bertz CT molecular complexity index is 1480. The molecule has 2 aliphatic rings. The molecule has 45 heavy (non-hydrogen) atoms. The predicted molar refractivity (Wildman–Crippen MR) is 157 cm³/mol. The lowest BCUT2D eigenvalue weighted by Crippen LogP contribution is -2.74. The van der Waals surface area contributed by atoms with Crippen LogP contribution in [0.1, 0.15) is 32.9 Å². The fourth-order valence-electron chi connectivity index (χ4n) is 3.80. The Kier molecular flexibility index (Phi) is 11.8. The van der Waals surface area contributed by atoms with E-state index in [9.17, 15) is 33.0 Å². The highest BCUT2D eigenvalue weighted by Gasteiger charge is 2.57. The second kappa shape index (κ2) is 14.9. The zero-order valence-electron chi connectivity index (χ0n) is 23.6. The number of aromatic nitrogens is 1. The van der Waals surface area contributed by atoms with Crippen molar-refractivity contribution in [1.82, 2.24) is 15.2 Å². The van der Waals surface area contributed by atoms with Gasteiger partial charge in [-0.15, -0.1) is 22.9 Å². The summed E-state index contributed by atoms with van der Waals surface area (Å²) >= 11 is 6.69. The maximum absolute atomic E-state index is 13.5. The van der Waals surface area contributed by atoms with Crippen molar-refractivity contribution in [2.75, 3.05) is 16.9 Å². The van der Waals surface area contributed by atoms with Crippen LogP contribution in [-0.2, 0) is 58.3 Å². The van der Waals surface area contributed by atoms with Crippen molar-refractivity contribution in [2.24, 2.45) is 5.16 Å². The van der Waals surface area contributed by atoms with Crippen LogP contribution in [0.4, 0.5) is 9.93 Å². The first-order valence-electron chi connectivity index (χ1n) is 12.4. The number of hydrogen-bond acceptors (Lipinski definition) is 15. The summed E-state index contributed by atoms with van der Waals surface area (Å²) in [5, 5.41) is 8.27. The molecule has 3 amide bonds. The minimum absolute atomic E-state index is 0.0627. The van der Waals surface area contributed by atoms with Crippen molar-refractivity contribution < 1.29 is 56.5 Å². The molecule has 4 atom stereocenters. The molecule has 1 fully saturated rings. The molecule has 3 heterocycles. The van der Waals surface area contributed by atoms with Crippen LogP contribution in [0.2, 0.25) is 0 Å². The lowest BCUT2D eigenvalue weighted by molar-refractivity contribution is -0.153. The smallest absolute Gasteiger partial charge is 0.413 e. The third-order valence-corrected chi connectivity index (χ3v) is 8.39. The Labute approximate surface area is 270 Å². The van der Waals surface area contributed by atoms with Gasteiger partial charge in [-0.2, -0.15) is 0 Å². The van der Waals surface area contributed by atoms with E-state index in [0.29, 0.717) is 0 Å². The van der Waals surface area contributed by atoms with Gasteiger partial charge in [0.05, 0.1) is 23.0 Å². The van der Waals surface area contributed by atoms with Gasteiger partial charge in [0.15, 0.2) is 10.8 Å². The summed E-state index contributed by atoms with van der Waals surface area (Å²) in [5.74, 6) is -6.07. The van der Waals surface area contributed by atoms with E-state index >= 15 is 0 Å². The minimum atomic E-state index is -1.86. The van der Waals surface area contributed by atoms with Gasteiger partial charge in [0.2, 0.25) is 6.10 Å². The summed E-state index contributed by atoms with van der Waals surface area (Å²) in [5.41, 5.74) is -1.96. The molecule has 3 rings (SSSR count). The number of nitrogens with zero attached hydrogens (tertiary/aromatic N) is 3. The van der Waals surface area contributed by atoms with Gasteiger partial charge in [-0.25, -0.2) is 19.4 Å². The van der Waals surface area contributed by atoms with Gasteiger partial charge in [-0.1, -0.05) is 5.16 Å². The summed E-state index contributed by atoms with van der Waals surface area (Å²) in [6.45, 7) is 4.89.